The summed E-state index contributed by atoms with van der Waals surface area (Å²) in [6, 6.07) is 1.96. The van der Waals surface area contributed by atoms with Crippen LogP contribution in [0, 0.1) is 0 Å². The fraction of sp³-hybridized carbons (Fsp3) is 0.200. The van der Waals surface area contributed by atoms with E-state index in [0.29, 0.717) is 0 Å². The van der Waals surface area contributed by atoms with Crippen molar-refractivity contribution in [2.24, 2.45) is 0 Å². The van der Waals surface area contributed by atoms with E-state index in [-0.39, 0.29) is 16.3 Å². The molecule has 0 aliphatic carbocycles. The van der Waals surface area contributed by atoms with Crippen molar-refractivity contribution in [2.45, 2.75) is 13.1 Å². The van der Waals surface area contributed by atoms with E-state index in [2.05, 4.69) is 15.9 Å². The van der Waals surface area contributed by atoms with Gasteiger partial charge in [0.05, 0.1) is 5.56 Å². The Balaban J connectivity index is 3.64. The molecule has 1 aromatic carbocycles. The summed E-state index contributed by atoms with van der Waals surface area (Å²) in [6.07, 6.45) is -4.43. The lowest BCUT2D eigenvalue weighted by Gasteiger charge is -2.13. The Bertz CT molecular complexity index is 452. The molecule has 0 atom stereocenters. The number of alkyl halides is 3. The topological polar surface area (TPSA) is 34.1 Å². The molecule has 86 valence electrons. The minimum absolute atomic E-state index is 0.104. The van der Waals surface area contributed by atoms with Crippen LogP contribution in [0.15, 0.2) is 16.6 Å². The van der Waals surface area contributed by atoms with Crippen molar-refractivity contribution in [3.05, 3.63) is 33.3 Å². The van der Waals surface area contributed by atoms with Gasteiger partial charge in [-0.25, -0.2) is 0 Å². The fourth-order valence-electron chi connectivity index (χ4n) is 1.34. The first-order valence-electron chi connectivity index (χ1n) is 4.14. The van der Waals surface area contributed by atoms with Gasteiger partial charge in [0.2, 0.25) is 0 Å². The van der Waals surface area contributed by atoms with Crippen LogP contribution < -0.4 is 0 Å². The Morgan fingerprint density at radius 1 is 1.38 bits per heavy atom. The maximum Gasteiger partial charge on any atom is 0.417 e. The second-order valence-corrected chi connectivity index (χ2v) is 4.01. The lowest BCUT2D eigenvalue weighted by molar-refractivity contribution is -0.138. The van der Waals surface area contributed by atoms with Crippen LogP contribution in [0.3, 0.4) is 0 Å². The number of aldehydes is 1. The highest BCUT2D eigenvalue weighted by molar-refractivity contribution is 9.10. The van der Waals surface area contributed by atoms with E-state index in [1.54, 1.807) is 0 Å². The van der Waals surface area contributed by atoms with Gasteiger partial charge in [-0.3, -0.25) is 9.59 Å². The van der Waals surface area contributed by atoms with E-state index >= 15 is 0 Å². The predicted octanol–water partition coefficient (Wildman–Crippen LogP) is 3.48. The number of rotatable bonds is 2. The number of Topliss-reactive ketones (excluding diaryl/α,β-unsaturated/α-hetero) is 1. The highest BCUT2D eigenvalue weighted by Crippen LogP contribution is 2.35. The number of hydrogen-bond donors (Lipinski definition) is 0. The van der Waals surface area contributed by atoms with Crippen LogP contribution in [0.25, 0.3) is 0 Å². The summed E-state index contributed by atoms with van der Waals surface area (Å²) >= 11 is 2.86. The maximum atomic E-state index is 12.6. The Labute approximate surface area is 97.6 Å². The molecule has 6 heteroatoms. The molecule has 0 spiro atoms. The quantitative estimate of drug-likeness (QED) is 0.618. The summed E-state index contributed by atoms with van der Waals surface area (Å²) < 4.78 is 38.0. The molecule has 0 aromatic heterocycles. The molecule has 2 nitrogen and oxygen atoms in total. The van der Waals surface area contributed by atoms with E-state index in [1.165, 1.54) is 6.07 Å². The van der Waals surface area contributed by atoms with Crippen molar-refractivity contribution in [3.63, 3.8) is 0 Å². The van der Waals surface area contributed by atoms with Crippen molar-refractivity contribution in [2.75, 3.05) is 0 Å². The molecular weight excluding hydrogens is 289 g/mol. The third kappa shape index (κ3) is 2.49. The van der Waals surface area contributed by atoms with Gasteiger partial charge in [0.25, 0.3) is 0 Å². The average Bonchev–Trinajstić information content (AvgIpc) is 2.14. The number of carbonyl (C=O) groups is 2. The average molecular weight is 295 g/mol. The molecule has 0 N–H and O–H groups in total. The van der Waals surface area contributed by atoms with Crippen LogP contribution >= 0.6 is 15.9 Å². The van der Waals surface area contributed by atoms with E-state index in [9.17, 15) is 22.8 Å². The summed E-state index contributed by atoms with van der Waals surface area (Å²) in [6.45, 7) is 0.992. The van der Waals surface area contributed by atoms with Crippen LogP contribution in [0.1, 0.15) is 33.2 Å². The lowest BCUT2D eigenvalue weighted by Crippen LogP contribution is -2.14. The molecule has 0 bridgehead atoms. The van der Waals surface area contributed by atoms with Crippen molar-refractivity contribution >= 4 is 28.0 Å². The normalized spacial score (nSPS) is 11.3. The second kappa shape index (κ2) is 4.37. The molecule has 1 aromatic rings. The first kappa shape index (κ1) is 12.9. The van der Waals surface area contributed by atoms with Crippen molar-refractivity contribution in [1.29, 1.82) is 0 Å². The van der Waals surface area contributed by atoms with Gasteiger partial charge in [-0.15, -0.1) is 0 Å². The highest BCUT2D eigenvalue weighted by Gasteiger charge is 2.36. The molecule has 1 rings (SSSR count). The van der Waals surface area contributed by atoms with E-state index in [1.807, 2.05) is 0 Å². The van der Waals surface area contributed by atoms with Crippen molar-refractivity contribution in [1.82, 2.24) is 0 Å². The highest BCUT2D eigenvalue weighted by atomic mass is 79.9. The molecule has 0 heterocycles. The van der Waals surface area contributed by atoms with Crippen LogP contribution in [0.5, 0.6) is 0 Å². The summed E-state index contributed by atoms with van der Waals surface area (Å²) in [5, 5.41) is 0. The van der Waals surface area contributed by atoms with E-state index in [0.717, 1.165) is 13.0 Å². The number of ketones is 1. The van der Waals surface area contributed by atoms with E-state index in [4.69, 9.17) is 0 Å². The van der Waals surface area contributed by atoms with Gasteiger partial charge in [-0.1, -0.05) is 15.9 Å². The molecule has 0 amide bonds. The molecule has 16 heavy (non-hydrogen) atoms. The first-order chi connectivity index (χ1) is 7.27. The minimum atomic E-state index is -4.66. The zero-order chi connectivity index (χ0) is 12.5. The molecule has 0 fully saturated rings. The van der Waals surface area contributed by atoms with Gasteiger partial charge >= 0.3 is 6.18 Å². The van der Waals surface area contributed by atoms with Gasteiger partial charge in [0.15, 0.2) is 12.1 Å². The van der Waals surface area contributed by atoms with Crippen molar-refractivity contribution in [3.8, 4) is 0 Å². The summed E-state index contributed by atoms with van der Waals surface area (Å²) in [5.41, 5.74) is -1.96. The van der Waals surface area contributed by atoms with Gasteiger partial charge in [0.1, 0.15) is 0 Å². The van der Waals surface area contributed by atoms with E-state index < -0.39 is 23.1 Å². The fourth-order valence-corrected chi connectivity index (χ4v) is 1.81. The predicted molar refractivity (Wildman–Crippen MR) is 54.5 cm³/mol. The zero-order valence-electron chi connectivity index (χ0n) is 8.06. The monoisotopic (exact) mass is 294 g/mol. The largest absolute Gasteiger partial charge is 0.417 e. The Hall–Kier alpha value is -1.17. The first-order valence-corrected chi connectivity index (χ1v) is 4.93. The number of benzene rings is 1. The Kier molecular flexibility index (Phi) is 3.52. The molecule has 0 saturated heterocycles. The second-order valence-electron chi connectivity index (χ2n) is 3.09. The van der Waals surface area contributed by atoms with Crippen LogP contribution in [-0.4, -0.2) is 12.1 Å². The third-order valence-corrected chi connectivity index (χ3v) is 2.38. The Morgan fingerprint density at radius 2 is 1.94 bits per heavy atom. The summed E-state index contributed by atoms with van der Waals surface area (Å²) in [5.74, 6) is -0.790. The SMILES string of the molecule is CC(=O)c1c(C=O)cc(Br)cc1C(F)(F)F. The summed E-state index contributed by atoms with van der Waals surface area (Å²) in [4.78, 5) is 21.8. The third-order valence-electron chi connectivity index (χ3n) is 1.92. The molecule has 0 unspecified atom stereocenters. The van der Waals surface area contributed by atoms with Gasteiger partial charge in [-0.2, -0.15) is 13.2 Å². The molecular formula is C10H6BrF3O2. The zero-order valence-corrected chi connectivity index (χ0v) is 9.65. The number of halogens is 4. The number of hydrogen-bond acceptors (Lipinski definition) is 2. The molecule has 0 radical (unpaired) electrons. The molecule has 0 aliphatic heterocycles. The number of carbonyl (C=O) groups excluding carboxylic acids is 2. The molecule has 0 aliphatic rings. The summed E-state index contributed by atoms with van der Waals surface area (Å²) in [7, 11) is 0. The lowest BCUT2D eigenvalue weighted by atomic mass is 9.98. The smallest absolute Gasteiger partial charge is 0.298 e. The minimum Gasteiger partial charge on any atom is -0.298 e. The Morgan fingerprint density at radius 3 is 2.31 bits per heavy atom. The standard InChI is InChI=1S/C10H6BrF3O2/c1-5(16)9-6(4-15)2-7(11)3-8(9)10(12,13)14/h2-4H,1H3. The van der Waals surface area contributed by atoms with Crippen LogP contribution in [0.4, 0.5) is 13.2 Å². The van der Waals surface area contributed by atoms with Crippen molar-refractivity contribution < 1.29 is 22.8 Å². The van der Waals surface area contributed by atoms with Crippen LogP contribution in [0.2, 0.25) is 0 Å². The maximum absolute atomic E-state index is 12.6. The molecule has 0 saturated carbocycles. The van der Waals surface area contributed by atoms with Gasteiger partial charge in [0, 0.05) is 15.6 Å². The van der Waals surface area contributed by atoms with Crippen LogP contribution in [-0.2, 0) is 6.18 Å². The van der Waals surface area contributed by atoms with Gasteiger partial charge in [-0.05, 0) is 19.1 Å². The van der Waals surface area contributed by atoms with Gasteiger partial charge < -0.3 is 0 Å².